The lowest BCUT2D eigenvalue weighted by Crippen LogP contribution is -2.56. The third-order valence-corrected chi connectivity index (χ3v) is 6.91. The number of halogens is 4. The summed E-state index contributed by atoms with van der Waals surface area (Å²) in [5, 5.41) is 6.98. The monoisotopic (exact) mass is 506 g/mol. The molecule has 1 atom stereocenters. The maximum atomic E-state index is 13.8. The molecule has 2 aliphatic carbocycles. The summed E-state index contributed by atoms with van der Waals surface area (Å²) >= 11 is 0. The molecule has 2 heterocycles. The number of nitrogens with zero attached hydrogens (tertiary/aromatic N) is 4. The minimum Gasteiger partial charge on any atom is -0.445 e. The summed E-state index contributed by atoms with van der Waals surface area (Å²) < 4.78 is 61.2. The molecule has 3 N–H and O–H groups in total. The largest absolute Gasteiger partial charge is 0.445 e. The molecule has 36 heavy (non-hydrogen) atoms. The first-order chi connectivity index (χ1) is 17.0. The molecule has 12 heteroatoms. The lowest BCUT2D eigenvalue weighted by atomic mass is 9.72. The number of aromatic nitrogens is 4. The number of hydrogen-bond acceptors (Lipinski definition) is 6. The summed E-state index contributed by atoms with van der Waals surface area (Å²) in [6.07, 6.45) is 0.843. The Balaban J connectivity index is 1.37. The van der Waals surface area contributed by atoms with Gasteiger partial charge in [0.25, 0.3) is 11.7 Å². The zero-order valence-corrected chi connectivity index (χ0v) is 19.3. The van der Waals surface area contributed by atoms with Crippen molar-refractivity contribution in [3.05, 3.63) is 59.7 Å². The third-order valence-electron chi connectivity index (χ3n) is 6.91. The fourth-order valence-electron chi connectivity index (χ4n) is 4.96. The SMILES string of the molecule is NC1(c2cnn3cc([C@@H](NC(=O)OCc4ccccc4)C4CCC(F)(F)CC4)nc3n2)CC(F)(F)C1. The van der Waals surface area contributed by atoms with Crippen molar-refractivity contribution < 1.29 is 27.1 Å². The summed E-state index contributed by atoms with van der Waals surface area (Å²) in [5.74, 6) is -5.79. The number of ether oxygens (including phenoxy) is 1. The van der Waals surface area contributed by atoms with Crippen molar-refractivity contribution in [3.63, 3.8) is 0 Å². The van der Waals surface area contributed by atoms with Crippen molar-refractivity contribution in [2.45, 2.75) is 68.6 Å². The first-order valence-corrected chi connectivity index (χ1v) is 11.8. The lowest BCUT2D eigenvalue weighted by molar-refractivity contribution is -0.126. The first kappa shape index (κ1) is 24.4. The quantitative estimate of drug-likeness (QED) is 0.477. The Labute approximate surface area is 204 Å². The predicted octanol–water partition coefficient (Wildman–Crippen LogP) is 4.50. The van der Waals surface area contributed by atoms with Gasteiger partial charge in [-0.1, -0.05) is 30.3 Å². The Hall–Kier alpha value is -3.28. The average molecular weight is 507 g/mol. The van der Waals surface area contributed by atoms with Crippen LogP contribution in [0.2, 0.25) is 0 Å². The molecule has 2 fully saturated rings. The van der Waals surface area contributed by atoms with Crippen molar-refractivity contribution in [2.75, 3.05) is 0 Å². The average Bonchev–Trinajstić information content (AvgIpc) is 3.24. The number of imidazole rings is 1. The molecule has 1 aromatic carbocycles. The highest BCUT2D eigenvalue weighted by molar-refractivity contribution is 5.68. The van der Waals surface area contributed by atoms with Gasteiger partial charge < -0.3 is 15.8 Å². The molecule has 0 bridgehead atoms. The molecule has 8 nitrogen and oxygen atoms in total. The lowest BCUT2D eigenvalue weighted by Gasteiger charge is -2.43. The van der Waals surface area contributed by atoms with Crippen molar-refractivity contribution in [1.82, 2.24) is 24.9 Å². The standard InChI is InChI=1S/C24H26F4N6O2/c25-23(26)8-6-16(7-9-23)19(33-21(35)36-12-15-4-2-1-3-5-15)17-11-34-20(31-17)32-18(10-30-34)22(29)13-24(27,28)14-22/h1-5,10-11,16,19H,6-9,12-14,29H2,(H,33,35)/t19-/m0/s1. The number of nitrogens with two attached hydrogens (primary N) is 1. The molecule has 0 radical (unpaired) electrons. The van der Waals surface area contributed by atoms with Gasteiger partial charge >= 0.3 is 6.09 Å². The van der Waals surface area contributed by atoms with Gasteiger partial charge in [-0.3, -0.25) is 0 Å². The Kier molecular flexibility index (Phi) is 6.09. The van der Waals surface area contributed by atoms with Crippen molar-refractivity contribution in [2.24, 2.45) is 11.7 Å². The molecule has 0 saturated heterocycles. The molecule has 5 rings (SSSR count). The fraction of sp³-hybridized carbons (Fsp3) is 0.500. The van der Waals surface area contributed by atoms with E-state index in [1.165, 1.54) is 10.7 Å². The Bertz CT molecular complexity index is 1230. The van der Waals surface area contributed by atoms with Crippen LogP contribution in [-0.4, -0.2) is 37.5 Å². The van der Waals surface area contributed by atoms with E-state index < -0.39 is 42.4 Å². The zero-order valence-electron chi connectivity index (χ0n) is 19.3. The molecule has 0 spiro atoms. The summed E-state index contributed by atoms with van der Waals surface area (Å²) in [6.45, 7) is 0.0446. The van der Waals surface area contributed by atoms with Gasteiger partial charge in [-0.15, -0.1) is 0 Å². The number of carbonyl (C=O) groups excluding carboxylic acids is 1. The van der Waals surface area contributed by atoms with Crippen molar-refractivity contribution in [3.8, 4) is 0 Å². The predicted molar refractivity (Wildman–Crippen MR) is 120 cm³/mol. The van der Waals surface area contributed by atoms with Gasteiger partial charge in [-0.2, -0.15) is 5.10 Å². The van der Waals surface area contributed by atoms with Crippen LogP contribution < -0.4 is 11.1 Å². The number of fused-ring (bicyclic) bond motifs is 1. The van der Waals surface area contributed by atoms with Crippen LogP contribution in [0.4, 0.5) is 22.4 Å². The smallest absolute Gasteiger partial charge is 0.408 e. The van der Waals surface area contributed by atoms with Gasteiger partial charge in [0.2, 0.25) is 5.92 Å². The number of hydrogen-bond donors (Lipinski definition) is 2. The van der Waals surface area contributed by atoms with E-state index in [4.69, 9.17) is 10.5 Å². The van der Waals surface area contributed by atoms with E-state index in [0.29, 0.717) is 5.69 Å². The van der Waals surface area contributed by atoms with E-state index in [2.05, 4.69) is 20.4 Å². The summed E-state index contributed by atoms with van der Waals surface area (Å²) in [4.78, 5) is 21.4. The minimum absolute atomic E-state index is 0.0446. The highest BCUT2D eigenvalue weighted by Crippen LogP contribution is 2.49. The van der Waals surface area contributed by atoms with Crippen LogP contribution >= 0.6 is 0 Å². The zero-order chi connectivity index (χ0) is 25.6. The number of alkyl carbamates (subject to hydrolysis) is 1. The fourth-order valence-corrected chi connectivity index (χ4v) is 4.96. The number of benzene rings is 1. The third kappa shape index (κ3) is 5.13. The van der Waals surface area contributed by atoms with Crippen LogP contribution in [0.5, 0.6) is 0 Å². The summed E-state index contributed by atoms with van der Waals surface area (Å²) in [6, 6.07) is 8.39. The number of carbonyl (C=O) groups is 1. The van der Waals surface area contributed by atoms with Gasteiger partial charge in [0.15, 0.2) is 0 Å². The van der Waals surface area contributed by atoms with Crippen LogP contribution in [0.1, 0.15) is 61.5 Å². The van der Waals surface area contributed by atoms with Crippen molar-refractivity contribution in [1.29, 1.82) is 0 Å². The number of nitrogens with one attached hydrogen (secondary N) is 1. The number of rotatable bonds is 6. The van der Waals surface area contributed by atoms with Crippen LogP contribution in [0.3, 0.4) is 0 Å². The molecule has 0 unspecified atom stereocenters. The second-order valence-electron chi connectivity index (χ2n) is 9.79. The van der Waals surface area contributed by atoms with E-state index in [1.54, 1.807) is 6.20 Å². The van der Waals surface area contributed by atoms with E-state index in [-0.39, 0.29) is 49.7 Å². The molecule has 3 aromatic rings. The molecule has 2 aliphatic rings. The Morgan fingerprint density at radius 3 is 2.47 bits per heavy atom. The molecule has 1 amide bonds. The van der Waals surface area contributed by atoms with Gasteiger partial charge in [-0.25, -0.2) is 36.8 Å². The van der Waals surface area contributed by atoms with Crippen LogP contribution in [-0.2, 0) is 16.9 Å². The topological polar surface area (TPSA) is 107 Å². The van der Waals surface area contributed by atoms with Crippen LogP contribution in [0.25, 0.3) is 5.78 Å². The van der Waals surface area contributed by atoms with Gasteiger partial charge in [0.05, 0.1) is 35.4 Å². The first-order valence-electron chi connectivity index (χ1n) is 11.8. The number of amides is 1. The number of alkyl halides is 4. The minimum atomic E-state index is -2.85. The highest BCUT2D eigenvalue weighted by Gasteiger charge is 2.56. The maximum Gasteiger partial charge on any atom is 0.408 e. The second kappa shape index (κ2) is 8.99. The maximum absolute atomic E-state index is 13.8. The second-order valence-corrected chi connectivity index (χ2v) is 9.79. The molecule has 192 valence electrons. The van der Waals surface area contributed by atoms with E-state index in [0.717, 1.165) is 5.56 Å². The van der Waals surface area contributed by atoms with Gasteiger partial charge in [0.1, 0.15) is 6.61 Å². The van der Waals surface area contributed by atoms with Gasteiger partial charge in [0, 0.05) is 25.7 Å². The molecule has 2 saturated carbocycles. The Morgan fingerprint density at radius 2 is 1.81 bits per heavy atom. The van der Waals surface area contributed by atoms with Crippen LogP contribution in [0.15, 0.2) is 42.7 Å². The highest BCUT2D eigenvalue weighted by atomic mass is 19.3. The van der Waals surface area contributed by atoms with Crippen molar-refractivity contribution >= 4 is 11.9 Å². The molecular formula is C24H26F4N6O2. The van der Waals surface area contributed by atoms with Gasteiger partial charge in [-0.05, 0) is 24.3 Å². The molecule has 0 aliphatic heterocycles. The van der Waals surface area contributed by atoms with E-state index in [1.807, 2.05) is 30.3 Å². The summed E-state index contributed by atoms with van der Waals surface area (Å²) in [7, 11) is 0. The Morgan fingerprint density at radius 1 is 1.11 bits per heavy atom. The van der Waals surface area contributed by atoms with E-state index in [9.17, 15) is 22.4 Å². The van der Waals surface area contributed by atoms with Crippen LogP contribution in [0, 0.1) is 5.92 Å². The van der Waals surface area contributed by atoms with E-state index >= 15 is 0 Å². The molecular weight excluding hydrogens is 480 g/mol. The summed E-state index contributed by atoms with van der Waals surface area (Å²) in [5.41, 5.74) is 6.15. The molecule has 2 aromatic heterocycles. The normalized spacial score (nSPS) is 21.5.